The predicted molar refractivity (Wildman–Crippen MR) is 108 cm³/mol. The maximum absolute atomic E-state index is 13.1. The summed E-state index contributed by atoms with van der Waals surface area (Å²) in [6.07, 6.45) is -0.0323. The lowest BCUT2D eigenvalue weighted by Crippen LogP contribution is -2.31. The fraction of sp³-hybridized carbons (Fsp3) is 0.158. The van der Waals surface area contributed by atoms with E-state index in [4.69, 9.17) is 32.4 Å². The summed E-state index contributed by atoms with van der Waals surface area (Å²) in [4.78, 5) is 25.9. The molecule has 2 amide bonds. The number of amides is 2. The molecule has 7 nitrogen and oxygen atoms in total. The van der Waals surface area contributed by atoms with Crippen LogP contribution >= 0.6 is 35.0 Å². The molecule has 1 fully saturated rings. The number of carbonyl (C=O) groups is 2. The highest BCUT2D eigenvalue weighted by Gasteiger charge is 2.41. The lowest BCUT2D eigenvalue weighted by Gasteiger charge is -2.14. The van der Waals surface area contributed by atoms with E-state index >= 15 is 0 Å². The minimum absolute atomic E-state index is 0.0323. The van der Waals surface area contributed by atoms with Gasteiger partial charge in [-0.25, -0.2) is 9.29 Å². The van der Waals surface area contributed by atoms with Gasteiger partial charge in [0.15, 0.2) is 6.61 Å². The van der Waals surface area contributed by atoms with Crippen molar-refractivity contribution in [1.82, 2.24) is 10.2 Å². The molecule has 0 aliphatic carbocycles. The van der Waals surface area contributed by atoms with E-state index in [1.54, 1.807) is 18.2 Å². The van der Waals surface area contributed by atoms with Crippen LogP contribution < -0.4 is 9.64 Å². The summed E-state index contributed by atoms with van der Waals surface area (Å²) in [6, 6.07) is 9.92. The Kier molecular flexibility index (Phi) is 5.94. The van der Waals surface area contributed by atoms with Gasteiger partial charge in [-0.2, -0.15) is 0 Å². The molecule has 0 bridgehead atoms. The normalized spacial score (nSPS) is 16.4. The second-order valence-corrected chi connectivity index (χ2v) is 8.18. The molecular weight excluding hydrogens is 456 g/mol. The highest BCUT2D eigenvalue weighted by Crippen LogP contribution is 2.34. The largest absolute Gasteiger partial charge is 0.482 e. The molecule has 1 aliphatic heterocycles. The van der Waals surface area contributed by atoms with Gasteiger partial charge in [-0.3, -0.25) is 9.59 Å². The predicted octanol–water partition coefficient (Wildman–Crippen LogP) is 4.52. The molecule has 11 heteroatoms. The van der Waals surface area contributed by atoms with Crippen LogP contribution in [0.25, 0.3) is 0 Å². The molecular formula is C19H12Cl2FN3O4S. The van der Waals surface area contributed by atoms with Crippen LogP contribution in [0.5, 0.6) is 5.75 Å². The zero-order valence-electron chi connectivity index (χ0n) is 15.0. The number of halogens is 3. The minimum Gasteiger partial charge on any atom is -0.482 e. The molecule has 1 saturated heterocycles. The van der Waals surface area contributed by atoms with Crippen molar-refractivity contribution < 1.29 is 23.1 Å². The Balaban J connectivity index is 1.39. The van der Waals surface area contributed by atoms with Crippen molar-refractivity contribution in [1.29, 1.82) is 0 Å². The number of imide groups is 1. The number of carbonyl (C=O) groups excluding carboxylic acids is 2. The standard InChI is InChI=1S/C19H12Cl2FN3O4S/c20-10-1-6-14(13(21)7-10)28-9-16-23-24-19(29-16)30-15-8-17(26)25(18(15)27)12-4-2-11(22)3-5-12/h1-7,15H,8-9H2. The number of aromatic nitrogens is 2. The fourth-order valence-electron chi connectivity index (χ4n) is 2.76. The van der Waals surface area contributed by atoms with Crippen LogP contribution in [-0.4, -0.2) is 27.3 Å². The van der Waals surface area contributed by atoms with Gasteiger partial charge in [0.1, 0.15) is 16.8 Å². The summed E-state index contributed by atoms with van der Waals surface area (Å²) < 4.78 is 24.1. The molecule has 1 aliphatic rings. The molecule has 2 aromatic carbocycles. The first kappa shape index (κ1) is 20.6. The lowest BCUT2D eigenvalue weighted by atomic mass is 10.3. The van der Waals surface area contributed by atoms with Gasteiger partial charge in [-0.05, 0) is 42.5 Å². The van der Waals surface area contributed by atoms with E-state index in [9.17, 15) is 14.0 Å². The third-order valence-corrected chi connectivity index (χ3v) is 5.68. The highest BCUT2D eigenvalue weighted by molar-refractivity contribution is 8.00. The third kappa shape index (κ3) is 4.43. The quantitative estimate of drug-likeness (QED) is 0.492. The number of benzene rings is 2. The van der Waals surface area contributed by atoms with Crippen LogP contribution in [0.2, 0.25) is 10.0 Å². The second-order valence-electron chi connectivity index (χ2n) is 6.18. The summed E-state index contributed by atoms with van der Waals surface area (Å²) >= 11 is 12.9. The van der Waals surface area contributed by atoms with Gasteiger partial charge in [0.25, 0.3) is 11.1 Å². The van der Waals surface area contributed by atoms with Gasteiger partial charge in [0.05, 0.1) is 10.7 Å². The molecule has 0 N–H and O–H groups in total. The van der Waals surface area contributed by atoms with E-state index in [0.29, 0.717) is 21.5 Å². The summed E-state index contributed by atoms with van der Waals surface area (Å²) in [7, 11) is 0. The van der Waals surface area contributed by atoms with Crippen LogP contribution in [0.1, 0.15) is 12.3 Å². The molecule has 154 valence electrons. The maximum Gasteiger partial charge on any atom is 0.277 e. The number of ether oxygens (including phenoxy) is 1. The lowest BCUT2D eigenvalue weighted by molar-refractivity contribution is -0.121. The van der Waals surface area contributed by atoms with Crippen molar-refractivity contribution in [2.24, 2.45) is 0 Å². The van der Waals surface area contributed by atoms with E-state index in [1.807, 2.05) is 0 Å². The molecule has 0 saturated carbocycles. The van der Waals surface area contributed by atoms with E-state index < -0.39 is 17.0 Å². The molecule has 1 unspecified atom stereocenters. The van der Waals surface area contributed by atoms with Crippen LogP contribution in [0.4, 0.5) is 10.1 Å². The third-order valence-electron chi connectivity index (χ3n) is 4.13. The summed E-state index contributed by atoms with van der Waals surface area (Å²) in [5.74, 6) is -0.690. The Hall–Kier alpha value is -2.62. The maximum atomic E-state index is 13.1. The van der Waals surface area contributed by atoms with Crippen molar-refractivity contribution in [3.63, 3.8) is 0 Å². The van der Waals surface area contributed by atoms with Gasteiger partial charge < -0.3 is 9.15 Å². The number of anilines is 1. The fourth-order valence-corrected chi connectivity index (χ4v) is 4.13. The Morgan fingerprint density at radius 2 is 1.93 bits per heavy atom. The molecule has 1 atom stereocenters. The number of hydrogen-bond acceptors (Lipinski definition) is 7. The first-order valence-corrected chi connectivity index (χ1v) is 10.2. The Morgan fingerprint density at radius 3 is 2.67 bits per heavy atom. The SMILES string of the molecule is O=C1CC(Sc2nnc(COc3ccc(Cl)cc3Cl)o2)C(=O)N1c1ccc(F)cc1. The van der Waals surface area contributed by atoms with Gasteiger partial charge >= 0.3 is 0 Å². The summed E-state index contributed by atoms with van der Waals surface area (Å²) in [5, 5.41) is 7.98. The van der Waals surface area contributed by atoms with Crippen molar-refractivity contribution in [3.05, 3.63) is 64.2 Å². The zero-order chi connectivity index (χ0) is 21.3. The van der Waals surface area contributed by atoms with Crippen molar-refractivity contribution in [2.75, 3.05) is 4.90 Å². The Labute approximate surface area is 184 Å². The molecule has 4 rings (SSSR count). The molecule has 0 radical (unpaired) electrons. The Bertz CT molecular complexity index is 1110. The Morgan fingerprint density at radius 1 is 1.17 bits per heavy atom. The van der Waals surface area contributed by atoms with Crippen molar-refractivity contribution in [2.45, 2.75) is 23.5 Å². The summed E-state index contributed by atoms with van der Waals surface area (Å²) in [6.45, 7) is -0.0336. The highest BCUT2D eigenvalue weighted by atomic mass is 35.5. The average molecular weight is 468 g/mol. The number of nitrogens with zero attached hydrogens (tertiary/aromatic N) is 3. The molecule has 30 heavy (non-hydrogen) atoms. The van der Waals surface area contributed by atoms with E-state index in [2.05, 4.69) is 10.2 Å². The average Bonchev–Trinajstić information content (AvgIpc) is 3.26. The van der Waals surface area contributed by atoms with Gasteiger partial charge in [-0.15, -0.1) is 10.2 Å². The van der Waals surface area contributed by atoms with Crippen LogP contribution in [0, 0.1) is 5.82 Å². The number of rotatable bonds is 6. The van der Waals surface area contributed by atoms with Gasteiger partial charge in [0.2, 0.25) is 11.8 Å². The van der Waals surface area contributed by atoms with E-state index in [0.717, 1.165) is 16.7 Å². The topological polar surface area (TPSA) is 85.5 Å². The molecule has 0 spiro atoms. The van der Waals surface area contributed by atoms with E-state index in [-0.39, 0.29) is 30.0 Å². The minimum atomic E-state index is -0.720. The van der Waals surface area contributed by atoms with Gasteiger partial charge in [-0.1, -0.05) is 35.0 Å². The second kappa shape index (κ2) is 8.63. The van der Waals surface area contributed by atoms with Crippen LogP contribution in [-0.2, 0) is 16.2 Å². The first-order chi connectivity index (χ1) is 14.4. The number of hydrogen-bond donors (Lipinski definition) is 0. The van der Waals surface area contributed by atoms with Gasteiger partial charge in [0, 0.05) is 11.4 Å². The molecule has 1 aromatic heterocycles. The summed E-state index contributed by atoms with van der Waals surface area (Å²) in [5.41, 5.74) is 0.314. The van der Waals surface area contributed by atoms with Crippen LogP contribution in [0.3, 0.4) is 0 Å². The van der Waals surface area contributed by atoms with Crippen molar-refractivity contribution >= 4 is 52.5 Å². The first-order valence-electron chi connectivity index (χ1n) is 8.60. The van der Waals surface area contributed by atoms with Crippen molar-refractivity contribution in [3.8, 4) is 5.75 Å². The molecule has 2 heterocycles. The van der Waals surface area contributed by atoms with Crippen LogP contribution in [0.15, 0.2) is 52.1 Å². The zero-order valence-corrected chi connectivity index (χ0v) is 17.4. The smallest absolute Gasteiger partial charge is 0.277 e. The number of thioether (sulfide) groups is 1. The molecule has 3 aromatic rings. The monoisotopic (exact) mass is 467 g/mol. The van der Waals surface area contributed by atoms with E-state index in [1.165, 1.54) is 24.3 Å².